The summed E-state index contributed by atoms with van der Waals surface area (Å²) in [4.78, 5) is 4.19. The average Bonchev–Trinajstić information content (AvgIpc) is 1.98. The number of hydrogen-bond donors (Lipinski definition) is 0. The Morgan fingerprint density at radius 1 is 1.36 bits per heavy atom. The number of aromatic nitrogens is 1. The van der Waals surface area contributed by atoms with Gasteiger partial charge in [0.2, 0.25) is 0 Å². The molecule has 0 spiro atoms. The Labute approximate surface area is 67.8 Å². The van der Waals surface area contributed by atoms with E-state index < -0.39 is 0 Å². The first-order valence-corrected chi connectivity index (χ1v) is 3.80. The van der Waals surface area contributed by atoms with Crippen molar-refractivity contribution < 1.29 is 0 Å². The van der Waals surface area contributed by atoms with Crippen molar-refractivity contribution in [3.8, 4) is 0 Å². The zero-order valence-electron chi connectivity index (χ0n) is 7.26. The van der Waals surface area contributed by atoms with Gasteiger partial charge in [0.05, 0.1) is 0 Å². The lowest BCUT2D eigenvalue weighted by atomic mass is 10.1. The number of pyridine rings is 1. The van der Waals surface area contributed by atoms with Crippen LogP contribution in [0.2, 0.25) is 0 Å². The zero-order chi connectivity index (χ0) is 8.27. The Bertz CT molecular complexity index is 274. The quantitative estimate of drug-likeness (QED) is 0.595. The van der Waals surface area contributed by atoms with E-state index in [2.05, 4.69) is 24.1 Å². The lowest BCUT2D eigenvalue weighted by Crippen LogP contribution is -1.85. The lowest BCUT2D eigenvalue weighted by molar-refractivity contribution is 1.16. The Morgan fingerprint density at radius 3 is 2.73 bits per heavy atom. The maximum atomic E-state index is 4.19. The van der Waals surface area contributed by atoms with E-state index in [1.807, 2.05) is 26.1 Å². The van der Waals surface area contributed by atoms with Crippen LogP contribution >= 0.6 is 0 Å². The largest absolute Gasteiger partial charge is 0.261 e. The van der Waals surface area contributed by atoms with E-state index in [0.717, 1.165) is 5.69 Å². The molecule has 0 atom stereocenters. The number of aryl methyl sites for hydroxylation is 2. The van der Waals surface area contributed by atoms with Crippen LogP contribution in [0.5, 0.6) is 0 Å². The first-order valence-electron chi connectivity index (χ1n) is 3.80. The van der Waals surface area contributed by atoms with E-state index in [4.69, 9.17) is 0 Å². The third-order valence-corrected chi connectivity index (χ3v) is 1.63. The summed E-state index contributed by atoms with van der Waals surface area (Å²) in [5.74, 6) is 0. The summed E-state index contributed by atoms with van der Waals surface area (Å²) in [5, 5.41) is 0. The SMILES string of the molecule is C/C=C/c1cc(C)ncc1C. The molecule has 0 fully saturated rings. The van der Waals surface area contributed by atoms with Crippen molar-refractivity contribution in [3.63, 3.8) is 0 Å². The van der Waals surface area contributed by atoms with Crippen molar-refractivity contribution in [1.29, 1.82) is 0 Å². The fourth-order valence-corrected chi connectivity index (χ4v) is 1.01. The summed E-state index contributed by atoms with van der Waals surface area (Å²) in [6.45, 7) is 6.10. The average molecular weight is 147 g/mol. The molecule has 1 heterocycles. The molecule has 0 aromatic carbocycles. The second-order valence-corrected chi connectivity index (χ2v) is 2.68. The fraction of sp³-hybridized carbons (Fsp3) is 0.300. The van der Waals surface area contributed by atoms with Crippen LogP contribution in [0.4, 0.5) is 0 Å². The Morgan fingerprint density at radius 2 is 2.09 bits per heavy atom. The van der Waals surface area contributed by atoms with E-state index in [9.17, 15) is 0 Å². The highest BCUT2D eigenvalue weighted by molar-refractivity contribution is 5.52. The molecule has 0 N–H and O–H groups in total. The normalized spacial score (nSPS) is 10.8. The Balaban J connectivity index is 3.12. The summed E-state index contributed by atoms with van der Waals surface area (Å²) >= 11 is 0. The van der Waals surface area contributed by atoms with Gasteiger partial charge in [-0.15, -0.1) is 0 Å². The van der Waals surface area contributed by atoms with Crippen LogP contribution in [-0.4, -0.2) is 4.98 Å². The lowest BCUT2D eigenvalue weighted by Gasteiger charge is -1.99. The summed E-state index contributed by atoms with van der Waals surface area (Å²) < 4.78 is 0. The van der Waals surface area contributed by atoms with Gasteiger partial charge in [-0.2, -0.15) is 0 Å². The highest BCUT2D eigenvalue weighted by Gasteiger charge is 1.93. The minimum atomic E-state index is 1.07. The minimum Gasteiger partial charge on any atom is -0.261 e. The van der Waals surface area contributed by atoms with Crippen LogP contribution in [0.25, 0.3) is 6.08 Å². The molecule has 1 rings (SSSR count). The summed E-state index contributed by atoms with van der Waals surface area (Å²) in [6.07, 6.45) is 6.05. The molecule has 1 aromatic heterocycles. The van der Waals surface area contributed by atoms with Gasteiger partial charge in [-0.3, -0.25) is 4.98 Å². The predicted octanol–water partition coefficient (Wildman–Crippen LogP) is 2.73. The monoisotopic (exact) mass is 147 g/mol. The second-order valence-electron chi connectivity index (χ2n) is 2.68. The van der Waals surface area contributed by atoms with E-state index in [1.54, 1.807) is 0 Å². The fourth-order valence-electron chi connectivity index (χ4n) is 1.01. The summed E-state index contributed by atoms with van der Waals surface area (Å²) in [5.41, 5.74) is 3.57. The van der Waals surface area contributed by atoms with Gasteiger partial charge in [0.1, 0.15) is 0 Å². The van der Waals surface area contributed by atoms with E-state index in [1.165, 1.54) is 11.1 Å². The van der Waals surface area contributed by atoms with E-state index in [0.29, 0.717) is 0 Å². The van der Waals surface area contributed by atoms with Gasteiger partial charge in [0, 0.05) is 11.9 Å². The third kappa shape index (κ3) is 1.90. The number of nitrogens with zero attached hydrogens (tertiary/aromatic N) is 1. The molecule has 1 nitrogen and oxygen atoms in total. The molecule has 0 aliphatic carbocycles. The standard InChI is InChI=1S/C10H13N/c1-4-5-10-6-9(3)11-7-8(10)2/h4-7H,1-3H3/b5-4+. The zero-order valence-corrected chi connectivity index (χ0v) is 7.26. The van der Waals surface area contributed by atoms with Crippen LogP contribution in [0.3, 0.4) is 0 Å². The molecule has 0 saturated carbocycles. The van der Waals surface area contributed by atoms with Crippen molar-refractivity contribution >= 4 is 6.08 Å². The molecule has 11 heavy (non-hydrogen) atoms. The Hall–Kier alpha value is -1.11. The van der Waals surface area contributed by atoms with Gasteiger partial charge in [-0.25, -0.2) is 0 Å². The molecular formula is C10H13N. The molecule has 0 bridgehead atoms. The number of rotatable bonds is 1. The molecule has 0 aliphatic heterocycles. The summed E-state index contributed by atoms with van der Waals surface area (Å²) in [7, 11) is 0. The molecule has 1 aromatic rings. The smallest absolute Gasteiger partial charge is 0.0378 e. The maximum Gasteiger partial charge on any atom is 0.0378 e. The van der Waals surface area contributed by atoms with Gasteiger partial charge in [0.25, 0.3) is 0 Å². The van der Waals surface area contributed by atoms with E-state index in [-0.39, 0.29) is 0 Å². The maximum absolute atomic E-state index is 4.19. The predicted molar refractivity (Wildman–Crippen MR) is 48.4 cm³/mol. The first kappa shape index (κ1) is 7.99. The van der Waals surface area contributed by atoms with Gasteiger partial charge < -0.3 is 0 Å². The highest BCUT2D eigenvalue weighted by Crippen LogP contribution is 2.09. The molecule has 0 radical (unpaired) electrons. The van der Waals surface area contributed by atoms with Gasteiger partial charge in [-0.1, -0.05) is 12.2 Å². The molecule has 0 amide bonds. The molecule has 0 unspecified atom stereocenters. The van der Waals surface area contributed by atoms with Gasteiger partial charge in [-0.05, 0) is 38.0 Å². The molecule has 0 aliphatic rings. The molecule has 0 saturated heterocycles. The van der Waals surface area contributed by atoms with E-state index >= 15 is 0 Å². The Kier molecular flexibility index (Phi) is 2.42. The van der Waals surface area contributed by atoms with Crippen LogP contribution in [-0.2, 0) is 0 Å². The van der Waals surface area contributed by atoms with Crippen LogP contribution in [0.15, 0.2) is 18.3 Å². The number of allylic oxidation sites excluding steroid dienone is 1. The highest BCUT2D eigenvalue weighted by atomic mass is 14.7. The molecule has 1 heteroatoms. The van der Waals surface area contributed by atoms with Gasteiger partial charge >= 0.3 is 0 Å². The van der Waals surface area contributed by atoms with Crippen molar-refractivity contribution in [2.75, 3.05) is 0 Å². The van der Waals surface area contributed by atoms with Crippen molar-refractivity contribution in [2.24, 2.45) is 0 Å². The van der Waals surface area contributed by atoms with Crippen molar-refractivity contribution in [1.82, 2.24) is 4.98 Å². The topological polar surface area (TPSA) is 12.9 Å². The third-order valence-electron chi connectivity index (χ3n) is 1.63. The first-order chi connectivity index (χ1) is 5.24. The minimum absolute atomic E-state index is 1.07. The van der Waals surface area contributed by atoms with Crippen molar-refractivity contribution in [2.45, 2.75) is 20.8 Å². The van der Waals surface area contributed by atoms with Crippen LogP contribution in [0, 0.1) is 13.8 Å². The van der Waals surface area contributed by atoms with Gasteiger partial charge in [0.15, 0.2) is 0 Å². The second kappa shape index (κ2) is 3.33. The van der Waals surface area contributed by atoms with Crippen molar-refractivity contribution in [3.05, 3.63) is 35.2 Å². The molecule has 58 valence electrons. The van der Waals surface area contributed by atoms with Crippen LogP contribution in [0.1, 0.15) is 23.7 Å². The number of hydrogen-bond acceptors (Lipinski definition) is 1. The summed E-state index contributed by atoms with van der Waals surface area (Å²) in [6, 6.07) is 2.09. The molecular weight excluding hydrogens is 134 g/mol. The van der Waals surface area contributed by atoms with Crippen LogP contribution < -0.4 is 0 Å².